The van der Waals surface area contributed by atoms with Gasteiger partial charge in [0.1, 0.15) is 11.6 Å². The van der Waals surface area contributed by atoms with Gasteiger partial charge in [-0.2, -0.15) is 0 Å². The second kappa shape index (κ2) is 8.33. The van der Waals surface area contributed by atoms with E-state index in [1.54, 1.807) is 6.92 Å². The molecule has 0 spiro atoms. The molecule has 1 aromatic heterocycles. The van der Waals surface area contributed by atoms with Crippen LogP contribution in [0.25, 0.3) is 0 Å². The van der Waals surface area contributed by atoms with Gasteiger partial charge in [-0.15, -0.1) is 0 Å². The van der Waals surface area contributed by atoms with Gasteiger partial charge in [0.05, 0.1) is 12.2 Å². The lowest BCUT2D eigenvalue weighted by molar-refractivity contribution is -0.117. The summed E-state index contributed by atoms with van der Waals surface area (Å²) in [5, 5.41) is 6.30. The molecule has 1 amide bonds. The molecule has 1 aliphatic carbocycles. The SMILES string of the molecule is C=N/C(NC1(C)CC1)=C(\CC)C(C(=O)NCc1cc(=O)[nH]c(C)n1)=C(C)C. The molecule has 0 radical (unpaired) electrons. The highest BCUT2D eigenvalue weighted by Crippen LogP contribution is 2.36. The molecule has 1 heterocycles. The Morgan fingerprint density at radius 1 is 1.41 bits per heavy atom. The van der Waals surface area contributed by atoms with E-state index in [0.717, 1.165) is 24.0 Å². The Bertz CT molecular complexity index is 855. The minimum atomic E-state index is -0.233. The van der Waals surface area contributed by atoms with Crippen LogP contribution in [0.3, 0.4) is 0 Å². The van der Waals surface area contributed by atoms with Gasteiger partial charge in [0, 0.05) is 22.8 Å². The molecule has 2 rings (SSSR count). The van der Waals surface area contributed by atoms with Crippen molar-refractivity contribution in [3.63, 3.8) is 0 Å². The number of amides is 1. The van der Waals surface area contributed by atoms with Crippen molar-refractivity contribution >= 4 is 12.6 Å². The van der Waals surface area contributed by atoms with Crippen LogP contribution in [0.1, 0.15) is 58.5 Å². The average Bonchev–Trinajstić information content (AvgIpc) is 3.31. The normalized spacial score (nSPS) is 15.4. The Labute approximate surface area is 160 Å². The van der Waals surface area contributed by atoms with Crippen molar-refractivity contribution < 1.29 is 4.79 Å². The molecule has 0 bridgehead atoms. The Hall–Kier alpha value is -2.70. The van der Waals surface area contributed by atoms with E-state index < -0.39 is 0 Å². The molecular formula is C20H29N5O2. The molecule has 7 nitrogen and oxygen atoms in total. The second-order valence-electron chi connectivity index (χ2n) is 7.40. The largest absolute Gasteiger partial charge is 0.365 e. The number of nitrogens with zero attached hydrogens (tertiary/aromatic N) is 2. The molecule has 0 aliphatic heterocycles. The number of hydrogen-bond donors (Lipinski definition) is 3. The first-order valence-corrected chi connectivity index (χ1v) is 9.20. The minimum Gasteiger partial charge on any atom is -0.365 e. The molecule has 146 valence electrons. The van der Waals surface area contributed by atoms with Crippen molar-refractivity contribution in [1.29, 1.82) is 0 Å². The summed E-state index contributed by atoms with van der Waals surface area (Å²) in [6, 6.07) is 1.39. The first-order chi connectivity index (χ1) is 12.7. The fraction of sp³-hybridized carbons (Fsp3) is 0.500. The van der Waals surface area contributed by atoms with Crippen molar-refractivity contribution in [2.24, 2.45) is 4.99 Å². The molecule has 0 saturated heterocycles. The lowest BCUT2D eigenvalue weighted by Gasteiger charge is -2.20. The van der Waals surface area contributed by atoms with Crippen LogP contribution >= 0.6 is 0 Å². The minimum absolute atomic E-state index is 0.0344. The number of nitrogens with one attached hydrogen (secondary N) is 3. The van der Waals surface area contributed by atoms with Crippen LogP contribution in [0, 0.1) is 6.92 Å². The van der Waals surface area contributed by atoms with Gasteiger partial charge in [-0.25, -0.2) is 9.98 Å². The smallest absolute Gasteiger partial charge is 0.251 e. The highest BCUT2D eigenvalue weighted by atomic mass is 16.1. The summed E-state index contributed by atoms with van der Waals surface area (Å²) in [6.45, 7) is 13.5. The first kappa shape index (κ1) is 20.6. The third-order valence-corrected chi connectivity index (χ3v) is 4.59. The average molecular weight is 371 g/mol. The molecule has 27 heavy (non-hydrogen) atoms. The van der Waals surface area contributed by atoms with Gasteiger partial charge < -0.3 is 15.6 Å². The summed E-state index contributed by atoms with van der Waals surface area (Å²) in [4.78, 5) is 35.5. The van der Waals surface area contributed by atoms with Gasteiger partial charge in [-0.1, -0.05) is 12.5 Å². The van der Waals surface area contributed by atoms with Gasteiger partial charge in [-0.3, -0.25) is 9.59 Å². The highest BCUT2D eigenvalue weighted by molar-refractivity contribution is 5.98. The number of aryl methyl sites for hydroxylation is 1. The molecule has 1 aromatic rings. The van der Waals surface area contributed by atoms with E-state index in [1.165, 1.54) is 6.07 Å². The van der Waals surface area contributed by atoms with E-state index >= 15 is 0 Å². The van der Waals surface area contributed by atoms with E-state index in [1.807, 2.05) is 20.8 Å². The predicted molar refractivity (Wildman–Crippen MR) is 107 cm³/mol. The van der Waals surface area contributed by atoms with E-state index in [2.05, 4.69) is 39.2 Å². The summed E-state index contributed by atoms with van der Waals surface area (Å²) >= 11 is 0. The van der Waals surface area contributed by atoms with Crippen LogP contribution < -0.4 is 16.2 Å². The van der Waals surface area contributed by atoms with Crippen LogP contribution in [0.15, 0.2) is 38.4 Å². The zero-order valence-electron chi connectivity index (χ0n) is 16.8. The van der Waals surface area contributed by atoms with Crippen molar-refractivity contribution in [3.8, 4) is 0 Å². The molecule has 0 unspecified atom stereocenters. The first-order valence-electron chi connectivity index (χ1n) is 9.20. The number of aromatic amines is 1. The molecule has 1 fully saturated rings. The molecular weight excluding hydrogens is 342 g/mol. The summed E-state index contributed by atoms with van der Waals surface area (Å²) in [7, 11) is 0. The lowest BCUT2D eigenvalue weighted by atomic mass is 9.97. The van der Waals surface area contributed by atoms with Crippen LogP contribution in [0.4, 0.5) is 0 Å². The Balaban J connectivity index is 2.26. The van der Waals surface area contributed by atoms with Gasteiger partial charge >= 0.3 is 0 Å². The number of carbonyl (C=O) groups is 1. The Morgan fingerprint density at radius 2 is 2.07 bits per heavy atom. The Morgan fingerprint density at radius 3 is 2.56 bits per heavy atom. The highest BCUT2D eigenvalue weighted by Gasteiger charge is 2.38. The number of allylic oxidation sites excluding steroid dienone is 1. The predicted octanol–water partition coefficient (Wildman–Crippen LogP) is 2.50. The van der Waals surface area contributed by atoms with E-state index in [9.17, 15) is 9.59 Å². The molecule has 3 N–H and O–H groups in total. The van der Waals surface area contributed by atoms with Crippen molar-refractivity contribution in [3.05, 3.63) is 50.5 Å². The summed E-state index contributed by atoms with van der Waals surface area (Å²) in [5.41, 5.74) is 2.65. The molecule has 1 saturated carbocycles. The number of rotatable bonds is 8. The third-order valence-electron chi connectivity index (χ3n) is 4.59. The second-order valence-corrected chi connectivity index (χ2v) is 7.40. The fourth-order valence-corrected chi connectivity index (χ4v) is 2.93. The third kappa shape index (κ3) is 5.39. The van der Waals surface area contributed by atoms with Crippen LogP contribution in [0.5, 0.6) is 0 Å². The maximum absolute atomic E-state index is 12.9. The standard InChI is InChI=1S/C20H29N5O2/c1-7-15(18(21-6)25-20(5)8-9-20)17(12(2)3)19(27)22-11-14-10-16(26)24-13(4)23-14/h10,25H,6-9,11H2,1-5H3,(H,22,27)(H,23,24,26)/b18-15-. The quantitative estimate of drug-likeness (QED) is 0.371. The summed E-state index contributed by atoms with van der Waals surface area (Å²) in [6.07, 6.45) is 2.80. The molecule has 0 atom stereocenters. The number of aliphatic imine (C=N–C) groups is 1. The maximum Gasteiger partial charge on any atom is 0.251 e. The maximum atomic E-state index is 12.9. The van der Waals surface area contributed by atoms with Crippen LogP contribution in [-0.4, -0.2) is 28.1 Å². The monoisotopic (exact) mass is 371 g/mol. The Kier molecular flexibility index (Phi) is 6.36. The summed E-state index contributed by atoms with van der Waals surface area (Å²) < 4.78 is 0. The van der Waals surface area contributed by atoms with Gasteiger partial charge in [0.2, 0.25) is 0 Å². The van der Waals surface area contributed by atoms with Gasteiger partial charge in [0.25, 0.3) is 11.5 Å². The summed E-state index contributed by atoms with van der Waals surface area (Å²) in [5.74, 6) is 0.966. The lowest BCUT2D eigenvalue weighted by Crippen LogP contribution is -2.31. The zero-order chi connectivity index (χ0) is 20.2. The number of aromatic nitrogens is 2. The van der Waals surface area contributed by atoms with E-state index in [4.69, 9.17) is 0 Å². The number of H-pyrrole nitrogens is 1. The van der Waals surface area contributed by atoms with Gasteiger partial charge in [-0.05, 0) is 53.7 Å². The zero-order valence-corrected chi connectivity index (χ0v) is 16.8. The van der Waals surface area contributed by atoms with Crippen molar-refractivity contribution in [2.75, 3.05) is 0 Å². The topological polar surface area (TPSA) is 99.2 Å². The molecule has 0 aromatic carbocycles. The van der Waals surface area contributed by atoms with Crippen LogP contribution in [-0.2, 0) is 11.3 Å². The fourth-order valence-electron chi connectivity index (χ4n) is 2.93. The molecule has 1 aliphatic rings. The number of hydrogen-bond acceptors (Lipinski definition) is 5. The molecule has 7 heteroatoms. The number of carbonyl (C=O) groups excluding carboxylic acids is 1. The van der Waals surface area contributed by atoms with E-state index in [-0.39, 0.29) is 23.6 Å². The van der Waals surface area contributed by atoms with Crippen molar-refractivity contribution in [2.45, 2.75) is 66.0 Å². The van der Waals surface area contributed by atoms with E-state index in [0.29, 0.717) is 29.3 Å². The van der Waals surface area contributed by atoms with Crippen LogP contribution in [0.2, 0.25) is 0 Å². The van der Waals surface area contributed by atoms with Gasteiger partial charge in [0.15, 0.2) is 0 Å². The van der Waals surface area contributed by atoms with Crippen molar-refractivity contribution in [1.82, 2.24) is 20.6 Å².